The van der Waals surface area contributed by atoms with Gasteiger partial charge in [0.1, 0.15) is 5.52 Å². The SMILES string of the molecule is Cn1cc2cc(I)cc(Br)c2n1. The zero-order chi connectivity index (χ0) is 8.72. The molecule has 0 radical (unpaired) electrons. The number of hydrogen-bond acceptors (Lipinski definition) is 1. The average Bonchev–Trinajstić information content (AvgIpc) is 2.29. The number of aryl methyl sites for hydroxylation is 1. The third-order valence-corrected chi connectivity index (χ3v) is 2.87. The molecule has 0 amide bonds. The molecule has 0 aliphatic heterocycles. The molecule has 0 saturated heterocycles. The number of aromatic nitrogens is 2. The van der Waals surface area contributed by atoms with Crippen LogP contribution in [0.1, 0.15) is 0 Å². The minimum atomic E-state index is 1.03. The monoisotopic (exact) mass is 336 g/mol. The van der Waals surface area contributed by atoms with E-state index in [1.807, 2.05) is 17.9 Å². The molecule has 0 fully saturated rings. The van der Waals surface area contributed by atoms with Crippen LogP contribution in [0.3, 0.4) is 0 Å². The van der Waals surface area contributed by atoms with Gasteiger partial charge < -0.3 is 0 Å². The lowest BCUT2D eigenvalue weighted by Gasteiger charge is -1.92. The lowest BCUT2D eigenvalue weighted by Crippen LogP contribution is -1.85. The van der Waals surface area contributed by atoms with Crippen LogP contribution in [0, 0.1) is 3.57 Å². The van der Waals surface area contributed by atoms with E-state index in [-0.39, 0.29) is 0 Å². The van der Waals surface area contributed by atoms with Gasteiger partial charge in [-0.3, -0.25) is 4.68 Å². The first-order valence-electron chi connectivity index (χ1n) is 3.45. The normalized spacial score (nSPS) is 10.9. The standard InChI is InChI=1S/C8H6BrIN2/c1-12-4-5-2-6(10)3-7(9)8(5)11-12/h2-4H,1H3. The van der Waals surface area contributed by atoms with E-state index >= 15 is 0 Å². The number of hydrogen-bond donors (Lipinski definition) is 0. The minimum absolute atomic E-state index is 1.03. The van der Waals surface area contributed by atoms with Crippen molar-refractivity contribution >= 4 is 49.4 Å². The van der Waals surface area contributed by atoms with E-state index in [4.69, 9.17) is 0 Å². The van der Waals surface area contributed by atoms with E-state index in [0.29, 0.717) is 0 Å². The number of rotatable bonds is 0. The molecule has 0 saturated carbocycles. The third kappa shape index (κ3) is 1.37. The maximum Gasteiger partial charge on any atom is 0.107 e. The van der Waals surface area contributed by atoms with Crippen molar-refractivity contribution in [2.24, 2.45) is 7.05 Å². The van der Waals surface area contributed by atoms with Crippen LogP contribution < -0.4 is 0 Å². The molecular weight excluding hydrogens is 331 g/mol. The van der Waals surface area contributed by atoms with Crippen molar-refractivity contribution in [3.63, 3.8) is 0 Å². The first kappa shape index (κ1) is 8.50. The summed E-state index contributed by atoms with van der Waals surface area (Å²) in [6.07, 6.45) is 2.02. The number of fused-ring (bicyclic) bond motifs is 1. The van der Waals surface area contributed by atoms with E-state index in [1.54, 1.807) is 0 Å². The Morgan fingerprint density at radius 1 is 1.50 bits per heavy atom. The predicted octanol–water partition coefficient (Wildman–Crippen LogP) is 2.94. The fourth-order valence-corrected chi connectivity index (χ4v) is 2.81. The van der Waals surface area contributed by atoms with Gasteiger partial charge in [0.2, 0.25) is 0 Å². The van der Waals surface area contributed by atoms with Gasteiger partial charge in [-0.2, -0.15) is 5.10 Å². The second kappa shape index (κ2) is 2.99. The van der Waals surface area contributed by atoms with Crippen molar-refractivity contribution in [3.8, 4) is 0 Å². The fourth-order valence-electron chi connectivity index (χ4n) is 1.18. The largest absolute Gasteiger partial charge is 0.275 e. The Morgan fingerprint density at radius 2 is 2.25 bits per heavy atom. The second-order valence-electron chi connectivity index (χ2n) is 2.63. The zero-order valence-electron chi connectivity index (χ0n) is 6.38. The Bertz CT molecular complexity index is 436. The molecule has 2 nitrogen and oxygen atoms in total. The van der Waals surface area contributed by atoms with E-state index in [2.05, 4.69) is 55.8 Å². The molecule has 0 unspecified atom stereocenters. The topological polar surface area (TPSA) is 17.8 Å². The highest BCUT2D eigenvalue weighted by Gasteiger charge is 2.03. The molecule has 4 heteroatoms. The van der Waals surface area contributed by atoms with Crippen LogP contribution >= 0.6 is 38.5 Å². The van der Waals surface area contributed by atoms with Crippen LogP contribution in [0.15, 0.2) is 22.8 Å². The summed E-state index contributed by atoms with van der Waals surface area (Å²) in [6.45, 7) is 0. The quantitative estimate of drug-likeness (QED) is 0.676. The summed E-state index contributed by atoms with van der Waals surface area (Å²) in [5, 5.41) is 5.50. The van der Waals surface area contributed by atoms with Gasteiger partial charge >= 0.3 is 0 Å². The lowest BCUT2D eigenvalue weighted by molar-refractivity contribution is 0.779. The molecule has 0 aliphatic rings. The molecular formula is C8H6BrIN2. The highest BCUT2D eigenvalue weighted by Crippen LogP contribution is 2.24. The molecule has 0 spiro atoms. The minimum Gasteiger partial charge on any atom is -0.275 e. The summed E-state index contributed by atoms with van der Waals surface area (Å²) in [7, 11) is 1.93. The molecule has 0 bridgehead atoms. The maximum absolute atomic E-state index is 4.32. The Balaban J connectivity index is 2.88. The number of benzene rings is 1. The van der Waals surface area contributed by atoms with E-state index in [9.17, 15) is 0 Å². The van der Waals surface area contributed by atoms with Crippen molar-refractivity contribution in [1.82, 2.24) is 9.78 Å². The van der Waals surface area contributed by atoms with Gasteiger partial charge in [0.05, 0.1) is 0 Å². The van der Waals surface area contributed by atoms with Crippen LogP contribution in [0.4, 0.5) is 0 Å². The van der Waals surface area contributed by atoms with Crippen LogP contribution in [0.25, 0.3) is 10.9 Å². The Kier molecular flexibility index (Phi) is 2.12. The van der Waals surface area contributed by atoms with Crippen LogP contribution in [0.2, 0.25) is 0 Å². The highest BCUT2D eigenvalue weighted by molar-refractivity contribution is 14.1. The second-order valence-corrected chi connectivity index (χ2v) is 4.73. The molecule has 62 valence electrons. The van der Waals surface area contributed by atoms with E-state index < -0.39 is 0 Å². The molecule has 2 rings (SSSR count). The Hall–Kier alpha value is -0.100. The molecule has 2 aromatic rings. The van der Waals surface area contributed by atoms with Gasteiger partial charge in [0, 0.05) is 26.7 Å². The number of nitrogens with zero attached hydrogens (tertiary/aromatic N) is 2. The van der Waals surface area contributed by atoms with Crippen molar-refractivity contribution in [2.75, 3.05) is 0 Å². The average molecular weight is 337 g/mol. The van der Waals surface area contributed by atoms with Crippen molar-refractivity contribution in [1.29, 1.82) is 0 Å². The van der Waals surface area contributed by atoms with Gasteiger partial charge in [0.15, 0.2) is 0 Å². The molecule has 0 atom stereocenters. The predicted molar refractivity (Wildman–Crippen MR) is 61.1 cm³/mol. The molecule has 1 aromatic heterocycles. The van der Waals surface area contributed by atoms with E-state index in [0.717, 1.165) is 9.99 Å². The van der Waals surface area contributed by atoms with Crippen LogP contribution in [0.5, 0.6) is 0 Å². The molecule has 1 heterocycles. The summed E-state index contributed by atoms with van der Waals surface area (Å²) in [6, 6.07) is 4.18. The van der Waals surface area contributed by atoms with Crippen LogP contribution in [-0.4, -0.2) is 9.78 Å². The first-order valence-corrected chi connectivity index (χ1v) is 5.32. The van der Waals surface area contributed by atoms with Gasteiger partial charge in [-0.05, 0) is 50.7 Å². The molecule has 12 heavy (non-hydrogen) atoms. The summed E-state index contributed by atoms with van der Waals surface area (Å²) >= 11 is 5.78. The highest BCUT2D eigenvalue weighted by atomic mass is 127. The van der Waals surface area contributed by atoms with Gasteiger partial charge in [-0.25, -0.2) is 0 Å². The molecule has 0 aliphatic carbocycles. The van der Waals surface area contributed by atoms with Gasteiger partial charge in [0.25, 0.3) is 0 Å². The van der Waals surface area contributed by atoms with Crippen molar-refractivity contribution in [3.05, 3.63) is 26.4 Å². The van der Waals surface area contributed by atoms with Gasteiger partial charge in [-0.1, -0.05) is 0 Å². The lowest BCUT2D eigenvalue weighted by atomic mass is 10.3. The maximum atomic E-state index is 4.32. The smallest absolute Gasteiger partial charge is 0.107 e. The summed E-state index contributed by atoms with van der Waals surface area (Å²) in [5.41, 5.74) is 1.03. The fraction of sp³-hybridized carbons (Fsp3) is 0.125. The molecule has 1 aromatic carbocycles. The zero-order valence-corrected chi connectivity index (χ0v) is 10.1. The summed E-state index contributed by atoms with van der Waals surface area (Å²) in [4.78, 5) is 0. The number of halogens is 2. The van der Waals surface area contributed by atoms with Crippen molar-refractivity contribution in [2.45, 2.75) is 0 Å². The van der Waals surface area contributed by atoms with Crippen molar-refractivity contribution < 1.29 is 0 Å². The Labute approximate surface area is 92.2 Å². The van der Waals surface area contributed by atoms with E-state index in [1.165, 1.54) is 8.96 Å². The van der Waals surface area contributed by atoms with Gasteiger partial charge in [-0.15, -0.1) is 0 Å². The third-order valence-electron chi connectivity index (χ3n) is 1.64. The molecule has 0 N–H and O–H groups in total. The van der Waals surface area contributed by atoms with Crippen LogP contribution in [-0.2, 0) is 7.05 Å². The summed E-state index contributed by atoms with van der Waals surface area (Å²) < 4.78 is 4.11. The summed E-state index contributed by atoms with van der Waals surface area (Å²) in [5.74, 6) is 0. The Morgan fingerprint density at radius 3 is 3.00 bits per heavy atom. The first-order chi connectivity index (χ1) is 5.66.